The molecule has 0 saturated heterocycles. The lowest BCUT2D eigenvalue weighted by Gasteiger charge is -2.12. The van der Waals surface area contributed by atoms with E-state index in [9.17, 15) is 9.50 Å². The lowest BCUT2D eigenvalue weighted by molar-refractivity contribution is 0.372. The van der Waals surface area contributed by atoms with Gasteiger partial charge in [-0.05, 0) is 24.6 Å². The maximum absolute atomic E-state index is 13.2. The number of anilines is 2. The number of fused-ring (bicyclic) bond motifs is 1. The molecule has 1 heterocycles. The number of methoxy groups -OCH3 is 1. The average molecular weight is 360 g/mol. The van der Waals surface area contributed by atoms with Crippen molar-refractivity contribution in [2.45, 2.75) is 6.42 Å². The molecule has 0 radical (unpaired) electrons. The van der Waals surface area contributed by atoms with Crippen molar-refractivity contribution in [3.05, 3.63) is 59.5 Å². The highest BCUT2D eigenvalue weighted by molar-refractivity contribution is 6.31. The summed E-state index contributed by atoms with van der Waals surface area (Å²) in [6.07, 6.45) is 3.73. The molecule has 128 valence electrons. The number of halogens is 2. The Hall–Kier alpha value is -2.86. The van der Waals surface area contributed by atoms with Gasteiger partial charge >= 0.3 is 0 Å². The third kappa shape index (κ3) is 3.34. The number of phenols is 1. The number of hydrogen-bond donors (Lipinski definition) is 2. The van der Waals surface area contributed by atoms with Gasteiger partial charge in [0, 0.05) is 28.9 Å². The van der Waals surface area contributed by atoms with Gasteiger partial charge in [-0.1, -0.05) is 17.7 Å². The number of hydrogen-bond acceptors (Lipinski definition) is 5. The first-order valence-electron chi connectivity index (χ1n) is 7.42. The van der Waals surface area contributed by atoms with Gasteiger partial charge in [-0.15, -0.1) is 6.58 Å². The zero-order valence-corrected chi connectivity index (χ0v) is 14.1. The number of ether oxygens (including phenoxy) is 1. The smallest absolute Gasteiger partial charge is 0.227 e. The second kappa shape index (κ2) is 6.94. The number of nitrogens with one attached hydrogen (secondary N) is 1. The Labute approximate surface area is 148 Å². The van der Waals surface area contributed by atoms with Crippen LogP contribution in [0.3, 0.4) is 0 Å². The molecule has 2 aromatic carbocycles. The van der Waals surface area contributed by atoms with E-state index < -0.39 is 5.82 Å². The Bertz CT molecular complexity index is 963. The van der Waals surface area contributed by atoms with Crippen LogP contribution in [0.4, 0.5) is 16.0 Å². The van der Waals surface area contributed by atoms with Crippen molar-refractivity contribution in [2.75, 3.05) is 12.4 Å². The Kier molecular flexibility index (Phi) is 4.72. The maximum atomic E-state index is 13.2. The summed E-state index contributed by atoms with van der Waals surface area (Å²) in [5.74, 6) is 0.178. The van der Waals surface area contributed by atoms with Crippen LogP contribution in [0, 0.1) is 5.82 Å². The molecule has 2 N–H and O–H groups in total. The molecule has 3 rings (SSSR count). The summed E-state index contributed by atoms with van der Waals surface area (Å²) < 4.78 is 18.5. The number of aromatic nitrogens is 2. The quantitative estimate of drug-likeness (QED) is 0.651. The van der Waals surface area contributed by atoms with Crippen LogP contribution in [0.25, 0.3) is 10.9 Å². The van der Waals surface area contributed by atoms with Gasteiger partial charge < -0.3 is 15.2 Å². The van der Waals surface area contributed by atoms with Crippen LogP contribution in [-0.2, 0) is 6.42 Å². The predicted molar refractivity (Wildman–Crippen MR) is 96.3 cm³/mol. The summed E-state index contributed by atoms with van der Waals surface area (Å²) in [5, 5.41) is 14.0. The minimum Gasteiger partial charge on any atom is -0.504 e. The van der Waals surface area contributed by atoms with E-state index in [1.54, 1.807) is 18.3 Å². The molecule has 0 atom stereocenters. The van der Waals surface area contributed by atoms with E-state index in [4.69, 9.17) is 16.3 Å². The van der Waals surface area contributed by atoms with E-state index in [0.29, 0.717) is 40.3 Å². The number of rotatable bonds is 5. The van der Waals surface area contributed by atoms with Gasteiger partial charge in [0.1, 0.15) is 5.82 Å². The van der Waals surface area contributed by atoms with Crippen LogP contribution in [0.1, 0.15) is 5.56 Å². The average Bonchev–Trinajstić information content (AvgIpc) is 2.60. The first-order valence-corrected chi connectivity index (χ1v) is 7.80. The fraction of sp³-hybridized carbons (Fsp3) is 0.111. The molecule has 5 nitrogen and oxygen atoms in total. The highest BCUT2D eigenvalue weighted by Gasteiger charge is 2.14. The summed E-state index contributed by atoms with van der Waals surface area (Å²) in [7, 11) is 1.47. The molecule has 0 bridgehead atoms. The van der Waals surface area contributed by atoms with Crippen LogP contribution in [0.5, 0.6) is 11.5 Å². The lowest BCUT2D eigenvalue weighted by atomic mass is 10.0. The molecular formula is C18H15ClFN3O2. The van der Waals surface area contributed by atoms with Gasteiger partial charge in [0.15, 0.2) is 11.5 Å². The van der Waals surface area contributed by atoms with Crippen LogP contribution in [-0.4, -0.2) is 22.2 Å². The molecule has 7 heteroatoms. The molecule has 25 heavy (non-hydrogen) atoms. The molecular weight excluding hydrogens is 345 g/mol. The second-order valence-corrected chi connectivity index (χ2v) is 5.69. The van der Waals surface area contributed by atoms with Crippen molar-refractivity contribution in [3.63, 3.8) is 0 Å². The van der Waals surface area contributed by atoms with Gasteiger partial charge in [-0.3, -0.25) is 0 Å². The Morgan fingerprint density at radius 1 is 1.40 bits per heavy atom. The monoisotopic (exact) mass is 359 g/mol. The highest BCUT2D eigenvalue weighted by Crippen LogP contribution is 2.36. The third-order valence-electron chi connectivity index (χ3n) is 3.67. The van der Waals surface area contributed by atoms with E-state index in [1.807, 2.05) is 0 Å². The molecule has 0 saturated carbocycles. The molecule has 3 aromatic rings. The number of nitrogens with zero attached hydrogens (tertiary/aromatic N) is 2. The number of phenolic OH excluding ortho intramolecular Hbond substituents is 1. The molecule has 0 aliphatic heterocycles. The van der Waals surface area contributed by atoms with Crippen molar-refractivity contribution in [1.82, 2.24) is 9.97 Å². The van der Waals surface area contributed by atoms with Crippen molar-refractivity contribution < 1.29 is 14.2 Å². The van der Waals surface area contributed by atoms with Crippen molar-refractivity contribution in [2.24, 2.45) is 0 Å². The van der Waals surface area contributed by atoms with Crippen molar-refractivity contribution in [1.29, 1.82) is 0 Å². The molecule has 0 aliphatic carbocycles. The van der Waals surface area contributed by atoms with Gasteiger partial charge in [-0.25, -0.2) is 14.4 Å². The van der Waals surface area contributed by atoms with Gasteiger partial charge in [0.05, 0.1) is 17.6 Å². The fourth-order valence-electron chi connectivity index (χ4n) is 2.48. The number of benzene rings is 2. The predicted octanol–water partition coefficient (Wildman–Crippen LogP) is 4.61. The summed E-state index contributed by atoms with van der Waals surface area (Å²) in [4.78, 5) is 8.68. The van der Waals surface area contributed by atoms with Crippen LogP contribution < -0.4 is 10.1 Å². The van der Waals surface area contributed by atoms with E-state index in [-0.39, 0.29) is 10.8 Å². The molecule has 0 amide bonds. The number of aromatic hydroxyl groups is 1. The van der Waals surface area contributed by atoms with E-state index in [1.165, 1.54) is 25.3 Å². The first kappa shape index (κ1) is 17.0. The Balaban J connectivity index is 2.05. The molecule has 0 aliphatic rings. The molecule has 0 fully saturated rings. The Morgan fingerprint density at radius 3 is 2.88 bits per heavy atom. The van der Waals surface area contributed by atoms with Crippen LogP contribution in [0.2, 0.25) is 5.02 Å². The largest absolute Gasteiger partial charge is 0.504 e. The van der Waals surface area contributed by atoms with Crippen molar-refractivity contribution >= 4 is 34.1 Å². The summed E-state index contributed by atoms with van der Waals surface area (Å²) in [6.45, 7) is 3.70. The first-order chi connectivity index (χ1) is 12.0. The fourth-order valence-corrected chi connectivity index (χ4v) is 2.66. The topological polar surface area (TPSA) is 67.3 Å². The number of allylic oxidation sites excluding steroid dienone is 1. The highest BCUT2D eigenvalue weighted by atomic mass is 35.5. The van der Waals surface area contributed by atoms with Gasteiger partial charge in [-0.2, -0.15) is 0 Å². The third-order valence-corrected chi connectivity index (χ3v) is 3.96. The van der Waals surface area contributed by atoms with E-state index in [0.717, 1.165) is 0 Å². The SMILES string of the molecule is C=CCc1c(O)c(OC)cc2nc(Nc3ccc(F)c(Cl)c3)ncc12. The minimum atomic E-state index is -0.499. The second-order valence-electron chi connectivity index (χ2n) is 5.28. The summed E-state index contributed by atoms with van der Waals surface area (Å²) in [6, 6.07) is 5.87. The van der Waals surface area contributed by atoms with Crippen molar-refractivity contribution in [3.8, 4) is 11.5 Å². The van der Waals surface area contributed by atoms with Gasteiger partial charge in [0.25, 0.3) is 0 Å². The summed E-state index contributed by atoms with van der Waals surface area (Å²) >= 11 is 5.78. The van der Waals surface area contributed by atoms with Crippen LogP contribution in [0.15, 0.2) is 43.1 Å². The molecule has 0 unspecified atom stereocenters. The van der Waals surface area contributed by atoms with Crippen LogP contribution >= 0.6 is 11.6 Å². The minimum absolute atomic E-state index is 0.00523. The zero-order valence-electron chi connectivity index (χ0n) is 13.4. The molecule has 0 spiro atoms. The standard InChI is InChI=1S/C18H15ClFN3O2/c1-3-4-11-12-9-21-18(22-10-5-6-14(20)13(19)7-10)23-15(12)8-16(25-2)17(11)24/h3,5-9,24H,1,4H2,2H3,(H,21,22,23). The van der Waals surface area contributed by atoms with E-state index >= 15 is 0 Å². The summed E-state index contributed by atoms with van der Waals surface area (Å²) in [5.41, 5.74) is 1.79. The zero-order chi connectivity index (χ0) is 18.0. The normalized spacial score (nSPS) is 10.7. The Morgan fingerprint density at radius 2 is 2.20 bits per heavy atom. The lowest BCUT2D eigenvalue weighted by Crippen LogP contribution is -1.99. The maximum Gasteiger partial charge on any atom is 0.227 e. The van der Waals surface area contributed by atoms with E-state index in [2.05, 4.69) is 21.9 Å². The van der Waals surface area contributed by atoms with Gasteiger partial charge in [0.2, 0.25) is 5.95 Å². The molecule has 1 aromatic heterocycles.